The third-order valence-electron chi connectivity index (χ3n) is 6.07. The van der Waals surface area contributed by atoms with Gasteiger partial charge in [0.25, 0.3) is 0 Å². The lowest BCUT2D eigenvalue weighted by molar-refractivity contribution is -0.855. The van der Waals surface area contributed by atoms with Crippen LogP contribution < -0.4 is 4.90 Å². The molecule has 33 heavy (non-hydrogen) atoms. The molecule has 7 heteroatoms. The van der Waals surface area contributed by atoms with E-state index in [9.17, 15) is 14.3 Å². The maximum Gasteiger partial charge on any atom is 0.333 e. The van der Waals surface area contributed by atoms with Gasteiger partial charge >= 0.3 is 13.6 Å². The van der Waals surface area contributed by atoms with Crippen LogP contribution in [0.2, 0.25) is 0 Å². The van der Waals surface area contributed by atoms with Crippen LogP contribution >= 0.6 is 7.60 Å². The molecule has 2 atom stereocenters. The molecular formula is C26H55NO5P+. The molecule has 2 N–H and O–H groups in total. The molecule has 0 aromatic rings. The molecular weight excluding hydrogens is 437 g/mol. The van der Waals surface area contributed by atoms with E-state index >= 15 is 0 Å². The Bertz CT molecular complexity index is 501. The summed E-state index contributed by atoms with van der Waals surface area (Å²) in [7, 11) is 0.227. The van der Waals surface area contributed by atoms with Crippen LogP contribution in [0.25, 0.3) is 0 Å². The predicted molar refractivity (Wildman–Crippen MR) is 138 cm³/mol. The molecule has 0 aliphatic carbocycles. The molecule has 0 saturated carbocycles. The van der Waals surface area contributed by atoms with E-state index in [-0.39, 0.29) is 18.7 Å². The zero-order valence-corrected chi connectivity index (χ0v) is 23.1. The van der Waals surface area contributed by atoms with E-state index in [2.05, 4.69) is 6.92 Å². The van der Waals surface area contributed by atoms with Gasteiger partial charge < -0.3 is 19.1 Å². The number of unbranched alkanes of at least 4 members (excludes halogenated alkanes) is 15. The van der Waals surface area contributed by atoms with Gasteiger partial charge in [0.2, 0.25) is 0 Å². The maximum atomic E-state index is 12.1. The minimum absolute atomic E-state index is 0.00510. The minimum Gasteiger partial charge on any atom is -0.460 e. The van der Waals surface area contributed by atoms with E-state index in [1.807, 2.05) is 14.1 Å². The molecule has 0 aromatic heterocycles. The summed E-state index contributed by atoms with van der Waals surface area (Å²) >= 11 is 0. The lowest BCUT2D eigenvalue weighted by Crippen LogP contribution is -3.06. The highest BCUT2D eigenvalue weighted by Crippen LogP contribution is 2.41. The number of hydrogen-bond acceptors (Lipinski definition) is 4. The molecule has 0 fully saturated rings. The molecule has 0 aromatic carbocycles. The minimum atomic E-state index is -3.63. The van der Waals surface area contributed by atoms with Crippen LogP contribution in [0, 0.1) is 0 Å². The molecule has 0 aliphatic rings. The van der Waals surface area contributed by atoms with Gasteiger partial charge in [-0.3, -0.25) is 9.36 Å². The van der Waals surface area contributed by atoms with E-state index in [0.29, 0.717) is 13.0 Å². The van der Waals surface area contributed by atoms with Crippen molar-refractivity contribution >= 4 is 13.6 Å². The molecule has 0 aliphatic heterocycles. The van der Waals surface area contributed by atoms with Gasteiger partial charge in [-0.2, -0.15) is 0 Å². The number of carbonyl (C=O) groups is 1. The smallest absolute Gasteiger partial charge is 0.333 e. The summed E-state index contributed by atoms with van der Waals surface area (Å²) in [5, 5.41) is 0. The second-order valence-corrected chi connectivity index (χ2v) is 11.9. The van der Waals surface area contributed by atoms with E-state index < -0.39 is 13.7 Å². The Hall–Kier alpha value is -0.420. The van der Waals surface area contributed by atoms with Crippen molar-refractivity contribution in [1.29, 1.82) is 0 Å². The van der Waals surface area contributed by atoms with Crippen molar-refractivity contribution in [3.63, 3.8) is 0 Å². The van der Waals surface area contributed by atoms with E-state index in [1.165, 1.54) is 96.8 Å². The maximum absolute atomic E-state index is 12.1. The first-order valence-electron chi connectivity index (χ1n) is 13.7. The Kier molecular flexibility index (Phi) is 21.8. The van der Waals surface area contributed by atoms with Crippen LogP contribution in [-0.4, -0.2) is 50.4 Å². The number of nitrogens with one attached hydrogen (secondary N) is 1. The van der Waals surface area contributed by atoms with Gasteiger partial charge in [0.05, 0.1) is 33.4 Å². The van der Waals surface area contributed by atoms with Crippen LogP contribution in [-0.2, 0) is 18.6 Å². The monoisotopic (exact) mass is 492 g/mol. The standard InChI is InChI=1S/C26H54NO5P/c1-5-6-7-8-9-10-11-12-13-14-15-16-17-18-19-20-21-26(32-25(2)28)24-31-33(29,30)23-22-27(3)4/h26H,5-24H2,1-4H3,(H,29,30)/p+1. The Morgan fingerprint density at radius 2 is 1.24 bits per heavy atom. The first kappa shape index (κ1) is 32.6. The zero-order valence-electron chi connectivity index (χ0n) is 22.2. The lowest BCUT2D eigenvalue weighted by Gasteiger charge is -2.19. The van der Waals surface area contributed by atoms with E-state index in [4.69, 9.17) is 9.26 Å². The van der Waals surface area contributed by atoms with Crippen LogP contribution in [0.1, 0.15) is 123 Å². The van der Waals surface area contributed by atoms with Gasteiger partial charge in [-0.05, 0) is 12.8 Å². The number of esters is 1. The Morgan fingerprint density at radius 3 is 1.64 bits per heavy atom. The van der Waals surface area contributed by atoms with Crippen LogP contribution in [0.3, 0.4) is 0 Å². The molecule has 0 spiro atoms. The Labute approximate surface area is 204 Å². The van der Waals surface area contributed by atoms with Crippen LogP contribution in [0.15, 0.2) is 0 Å². The van der Waals surface area contributed by atoms with Gasteiger partial charge in [0, 0.05) is 6.92 Å². The highest BCUT2D eigenvalue weighted by Gasteiger charge is 2.24. The summed E-state index contributed by atoms with van der Waals surface area (Å²) in [5.41, 5.74) is 0. The number of quaternary nitrogens is 1. The zero-order chi connectivity index (χ0) is 24.8. The first-order chi connectivity index (χ1) is 15.8. The molecule has 0 radical (unpaired) electrons. The molecule has 0 bridgehead atoms. The van der Waals surface area contributed by atoms with Crippen molar-refractivity contribution in [1.82, 2.24) is 0 Å². The van der Waals surface area contributed by atoms with Gasteiger partial charge in [0.1, 0.15) is 6.10 Å². The average Bonchev–Trinajstić information content (AvgIpc) is 2.75. The Morgan fingerprint density at radius 1 is 0.818 bits per heavy atom. The Balaban J connectivity index is 3.69. The second-order valence-electron chi connectivity index (χ2n) is 9.94. The first-order valence-corrected chi connectivity index (χ1v) is 15.5. The highest BCUT2D eigenvalue weighted by atomic mass is 31.2. The summed E-state index contributed by atoms with van der Waals surface area (Å²) in [6.07, 6.45) is 21.4. The van der Waals surface area contributed by atoms with Crippen molar-refractivity contribution < 1.29 is 28.4 Å². The topological polar surface area (TPSA) is 77.3 Å². The third kappa shape index (κ3) is 24.5. The molecule has 0 amide bonds. The SMILES string of the molecule is CCCCCCCCCCCCCCCCCCC(COP(=O)(O)CC[NH+](C)C)OC(C)=O. The summed E-state index contributed by atoms with van der Waals surface area (Å²) in [4.78, 5) is 22.4. The van der Waals surface area contributed by atoms with Gasteiger partial charge in [0.15, 0.2) is 0 Å². The highest BCUT2D eigenvalue weighted by molar-refractivity contribution is 7.52. The van der Waals surface area contributed by atoms with Crippen molar-refractivity contribution in [2.75, 3.05) is 33.4 Å². The fraction of sp³-hybridized carbons (Fsp3) is 0.962. The van der Waals surface area contributed by atoms with Crippen molar-refractivity contribution in [2.24, 2.45) is 0 Å². The number of rotatable bonds is 24. The number of ether oxygens (including phenoxy) is 1. The van der Waals surface area contributed by atoms with Crippen LogP contribution in [0.5, 0.6) is 0 Å². The second kappa shape index (κ2) is 22.1. The summed E-state index contributed by atoms with van der Waals surface area (Å²) < 4.78 is 22.6. The lowest BCUT2D eigenvalue weighted by atomic mass is 10.0. The van der Waals surface area contributed by atoms with Crippen molar-refractivity contribution in [3.05, 3.63) is 0 Å². The van der Waals surface area contributed by atoms with Gasteiger partial charge in [-0.15, -0.1) is 0 Å². The van der Waals surface area contributed by atoms with Crippen molar-refractivity contribution in [3.8, 4) is 0 Å². The molecule has 0 saturated heterocycles. The van der Waals surface area contributed by atoms with Gasteiger partial charge in [-0.1, -0.05) is 103 Å². The number of carbonyl (C=O) groups excluding carboxylic acids is 1. The fourth-order valence-corrected chi connectivity index (χ4v) is 5.22. The molecule has 0 heterocycles. The molecule has 198 valence electrons. The largest absolute Gasteiger partial charge is 0.460 e. The molecule has 6 nitrogen and oxygen atoms in total. The van der Waals surface area contributed by atoms with Crippen LogP contribution in [0.4, 0.5) is 0 Å². The average molecular weight is 493 g/mol. The van der Waals surface area contributed by atoms with Crippen molar-refractivity contribution in [2.45, 2.75) is 129 Å². The van der Waals surface area contributed by atoms with E-state index in [1.54, 1.807) is 0 Å². The fourth-order valence-electron chi connectivity index (χ4n) is 3.96. The summed E-state index contributed by atoms with van der Waals surface area (Å²) in [6.45, 7) is 4.19. The van der Waals surface area contributed by atoms with Gasteiger partial charge in [-0.25, -0.2) is 0 Å². The third-order valence-corrected chi connectivity index (χ3v) is 7.41. The normalized spacial score (nSPS) is 14.4. The number of hydrogen-bond donors (Lipinski definition) is 2. The van der Waals surface area contributed by atoms with E-state index in [0.717, 1.165) is 17.7 Å². The predicted octanol–water partition coefficient (Wildman–Crippen LogP) is 5.92. The quantitative estimate of drug-likeness (QED) is 0.0994. The summed E-state index contributed by atoms with van der Waals surface area (Å²) in [5.74, 6) is -0.370. The summed E-state index contributed by atoms with van der Waals surface area (Å²) in [6, 6.07) is 0. The molecule has 2 unspecified atom stereocenters. The molecule has 0 rings (SSSR count).